The van der Waals surface area contributed by atoms with E-state index in [1.807, 2.05) is 33.8 Å². The maximum absolute atomic E-state index is 12.4. The molecule has 1 aliphatic rings. The highest BCUT2D eigenvalue weighted by Crippen LogP contribution is 2.22. The highest BCUT2D eigenvalue weighted by molar-refractivity contribution is 7.89. The summed E-state index contributed by atoms with van der Waals surface area (Å²) in [6.07, 6.45) is 0.471. The molecular formula is C29H39N3O8S. The maximum atomic E-state index is 12.4. The molecule has 2 aromatic carbocycles. The molecule has 1 atom stereocenters. The minimum atomic E-state index is -3.83. The molecule has 1 aliphatic heterocycles. The van der Waals surface area contributed by atoms with Gasteiger partial charge in [0.1, 0.15) is 5.75 Å². The molecule has 2 amide bonds. The fraction of sp³-hybridized carbons (Fsp3) is 0.448. The van der Waals surface area contributed by atoms with E-state index in [4.69, 9.17) is 4.74 Å². The van der Waals surface area contributed by atoms with Crippen LogP contribution in [0.15, 0.2) is 53.4 Å². The first-order chi connectivity index (χ1) is 19.1. The van der Waals surface area contributed by atoms with Crippen LogP contribution in [0.25, 0.3) is 0 Å². The van der Waals surface area contributed by atoms with Crippen LogP contribution in [0.3, 0.4) is 0 Å². The number of sulfonamides is 1. The number of amides is 2. The summed E-state index contributed by atoms with van der Waals surface area (Å²) in [5.41, 5.74) is 1.81. The Labute approximate surface area is 241 Å². The summed E-state index contributed by atoms with van der Waals surface area (Å²) in [7, 11) is -0.244. The minimum Gasteiger partial charge on any atom is -0.481 e. The lowest BCUT2D eigenvalue weighted by Crippen LogP contribution is -2.53. The number of carbonyl (C=O) groups excluding carboxylic acids is 3. The van der Waals surface area contributed by atoms with E-state index >= 15 is 0 Å². The minimum absolute atomic E-state index is 0.0695. The molecular weight excluding hydrogens is 550 g/mol. The number of likely N-dealkylation sites (N-methyl/N-ethyl adjacent to an activating group) is 1. The van der Waals surface area contributed by atoms with Crippen molar-refractivity contribution in [1.82, 2.24) is 14.5 Å². The third kappa shape index (κ3) is 10.4. The van der Waals surface area contributed by atoms with Gasteiger partial charge in [0.2, 0.25) is 21.8 Å². The molecule has 1 fully saturated rings. The fourth-order valence-corrected chi connectivity index (χ4v) is 5.35. The molecule has 224 valence electrons. The molecule has 2 N–H and O–H groups in total. The Hall–Kier alpha value is -3.61. The Morgan fingerprint density at radius 2 is 1.59 bits per heavy atom. The number of nitrogens with zero attached hydrogens (tertiary/aromatic N) is 2. The summed E-state index contributed by atoms with van der Waals surface area (Å²) in [6, 6.07) is 13.6. The number of nitrogens with one attached hydrogen (secondary N) is 1. The van der Waals surface area contributed by atoms with Gasteiger partial charge in [-0.25, -0.2) is 8.42 Å². The number of rotatable bonds is 10. The van der Waals surface area contributed by atoms with Crippen LogP contribution in [-0.2, 0) is 35.6 Å². The number of aliphatic carboxylic acids is 1. The van der Waals surface area contributed by atoms with Gasteiger partial charge in [0, 0.05) is 0 Å². The van der Waals surface area contributed by atoms with Crippen molar-refractivity contribution in [2.75, 3.05) is 33.7 Å². The van der Waals surface area contributed by atoms with Crippen LogP contribution in [-0.4, -0.2) is 80.2 Å². The number of ether oxygens (including phenoxy) is 1. The number of carbonyl (C=O) groups is 4. The first-order valence-corrected chi connectivity index (χ1v) is 14.6. The molecule has 11 nitrogen and oxygen atoms in total. The number of hydrogen-bond donors (Lipinski definition) is 2. The number of benzene rings is 2. The van der Waals surface area contributed by atoms with Gasteiger partial charge in [-0.3, -0.25) is 29.4 Å². The van der Waals surface area contributed by atoms with Crippen LogP contribution in [0.1, 0.15) is 44.7 Å². The summed E-state index contributed by atoms with van der Waals surface area (Å²) in [5.74, 6) is -2.00. The number of carboxylic acid groups (broad SMARTS) is 1. The molecule has 0 aliphatic carbocycles. The van der Waals surface area contributed by atoms with E-state index < -0.39 is 33.7 Å². The standard InChI is InChI=1S/C16H23NO4.C13H16N2O4S/c1-11(2)14(16(19)20)9-12-5-7-13(8-6-12)21-15(18)10-17(3)4;1-9(2)10-4-3-5-11(6-10)20(18,19)15-7-12(16)14-13(17)8-15/h5-8,11,14H,9-10H2,1-4H3,(H,19,20);3-6,9H,7-8H2,1-2H3,(H,14,16,17)/t14-;/m1./s1. The quantitative estimate of drug-likeness (QED) is 0.242. The third-order valence-corrected chi connectivity index (χ3v) is 8.05. The van der Waals surface area contributed by atoms with Gasteiger partial charge in [-0.15, -0.1) is 0 Å². The molecule has 3 rings (SSSR count). The van der Waals surface area contributed by atoms with Crippen molar-refractivity contribution in [3.63, 3.8) is 0 Å². The van der Waals surface area contributed by atoms with Crippen LogP contribution in [0.4, 0.5) is 0 Å². The predicted molar refractivity (Wildman–Crippen MR) is 153 cm³/mol. The largest absolute Gasteiger partial charge is 0.481 e. The van der Waals surface area contributed by atoms with Crippen molar-refractivity contribution >= 4 is 33.8 Å². The molecule has 0 radical (unpaired) electrons. The zero-order chi connectivity index (χ0) is 30.9. The van der Waals surface area contributed by atoms with Crippen molar-refractivity contribution in [2.24, 2.45) is 11.8 Å². The average molecular weight is 590 g/mol. The monoisotopic (exact) mass is 589 g/mol. The first-order valence-electron chi connectivity index (χ1n) is 13.2. The number of hydrogen-bond acceptors (Lipinski definition) is 8. The molecule has 2 aromatic rings. The lowest BCUT2D eigenvalue weighted by molar-refractivity contribution is -0.143. The van der Waals surface area contributed by atoms with Crippen molar-refractivity contribution in [3.05, 3.63) is 59.7 Å². The van der Waals surface area contributed by atoms with Crippen molar-refractivity contribution < 1.29 is 37.4 Å². The van der Waals surface area contributed by atoms with Crippen molar-refractivity contribution in [3.8, 4) is 5.75 Å². The van der Waals surface area contributed by atoms with Crippen LogP contribution in [0, 0.1) is 11.8 Å². The normalized spacial score (nSPS) is 14.9. The Balaban J connectivity index is 0.000000287. The van der Waals surface area contributed by atoms with Crippen LogP contribution in [0.2, 0.25) is 0 Å². The molecule has 0 bridgehead atoms. The Bertz CT molecular complexity index is 1320. The molecule has 41 heavy (non-hydrogen) atoms. The van der Waals surface area contributed by atoms with Crippen molar-refractivity contribution in [1.29, 1.82) is 0 Å². The Kier molecular flexibility index (Phi) is 12.2. The zero-order valence-electron chi connectivity index (χ0n) is 24.3. The van der Waals surface area contributed by atoms with E-state index in [1.54, 1.807) is 55.4 Å². The second-order valence-electron chi connectivity index (χ2n) is 10.7. The van der Waals surface area contributed by atoms with Gasteiger partial charge in [0.05, 0.1) is 30.4 Å². The topological polar surface area (TPSA) is 150 Å². The van der Waals surface area contributed by atoms with Gasteiger partial charge in [0.15, 0.2) is 0 Å². The molecule has 0 saturated carbocycles. The Morgan fingerprint density at radius 3 is 2.07 bits per heavy atom. The van der Waals surface area contributed by atoms with Gasteiger partial charge in [-0.2, -0.15) is 4.31 Å². The number of piperazine rings is 1. The van der Waals surface area contributed by atoms with E-state index in [2.05, 4.69) is 5.32 Å². The molecule has 1 saturated heterocycles. The van der Waals surface area contributed by atoms with Crippen molar-refractivity contribution in [2.45, 2.75) is 44.9 Å². The fourth-order valence-electron chi connectivity index (χ4n) is 3.94. The summed E-state index contributed by atoms with van der Waals surface area (Å²) in [5, 5.41) is 11.3. The summed E-state index contributed by atoms with van der Waals surface area (Å²) in [6.45, 7) is 7.27. The molecule has 0 aromatic heterocycles. The lowest BCUT2D eigenvalue weighted by atomic mass is 9.89. The predicted octanol–water partition coefficient (Wildman–Crippen LogP) is 2.51. The van der Waals surface area contributed by atoms with Gasteiger partial charge >= 0.3 is 11.9 Å². The van der Waals surface area contributed by atoms with Gasteiger partial charge in [-0.1, -0.05) is 52.0 Å². The van der Waals surface area contributed by atoms with Crippen LogP contribution < -0.4 is 10.1 Å². The molecule has 1 heterocycles. The summed E-state index contributed by atoms with van der Waals surface area (Å²) >= 11 is 0. The summed E-state index contributed by atoms with van der Waals surface area (Å²) < 4.78 is 31.0. The molecule has 12 heteroatoms. The van der Waals surface area contributed by atoms with Crippen LogP contribution >= 0.6 is 0 Å². The highest BCUT2D eigenvalue weighted by atomic mass is 32.2. The number of esters is 1. The summed E-state index contributed by atoms with van der Waals surface area (Å²) in [4.78, 5) is 47.1. The number of carboxylic acids is 1. The third-order valence-electron chi connectivity index (χ3n) is 6.26. The highest BCUT2D eigenvalue weighted by Gasteiger charge is 2.33. The van der Waals surface area contributed by atoms with Gasteiger partial charge < -0.3 is 9.84 Å². The average Bonchev–Trinajstić information content (AvgIpc) is 2.87. The first kappa shape index (κ1) is 33.6. The second-order valence-corrected chi connectivity index (χ2v) is 12.7. The number of imide groups is 1. The van der Waals surface area contributed by atoms with E-state index in [-0.39, 0.29) is 42.3 Å². The van der Waals surface area contributed by atoms with E-state index in [0.29, 0.717) is 12.2 Å². The second kappa shape index (κ2) is 14.9. The van der Waals surface area contributed by atoms with E-state index in [1.165, 1.54) is 6.07 Å². The smallest absolute Gasteiger partial charge is 0.325 e. The SMILES string of the molecule is CC(C)[C@@H](Cc1ccc(OC(=O)CN(C)C)cc1)C(=O)O.CC(C)c1cccc(S(=O)(=O)N2CC(=O)NC(=O)C2)c1. The van der Waals surface area contributed by atoms with Gasteiger partial charge in [-0.05, 0) is 67.7 Å². The maximum Gasteiger partial charge on any atom is 0.325 e. The Morgan fingerprint density at radius 1 is 1.00 bits per heavy atom. The van der Waals surface area contributed by atoms with E-state index in [9.17, 15) is 32.7 Å². The van der Waals surface area contributed by atoms with Crippen LogP contribution in [0.5, 0.6) is 5.75 Å². The zero-order valence-corrected chi connectivity index (χ0v) is 25.1. The lowest BCUT2D eigenvalue weighted by Gasteiger charge is -2.25. The van der Waals surface area contributed by atoms with Gasteiger partial charge in [0.25, 0.3) is 0 Å². The van der Waals surface area contributed by atoms with E-state index in [0.717, 1.165) is 15.4 Å². The molecule has 0 unspecified atom stereocenters. The molecule has 0 spiro atoms.